The zero-order chi connectivity index (χ0) is 24.0. The lowest BCUT2D eigenvalue weighted by molar-refractivity contribution is -0.117. The third-order valence-electron chi connectivity index (χ3n) is 5.76. The number of hydrogen-bond donors (Lipinski definition) is 1. The molecule has 0 fully saturated rings. The van der Waals surface area contributed by atoms with E-state index in [4.69, 9.17) is 20.8 Å². The standard InChI is InChI=1S/C26H19ClN2O5/c1-14-5-7-18(8-6-14)29-22(15-4-3-9-28-13-15)21(24(31)26(29)32)23(30)19-11-16-10-17(27)12-20(33-2)25(16)34-19/h3-13,22,31H,1-2H3. The number of furan rings is 1. The van der Waals surface area contributed by atoms with Crippen LogP contribution in [0.15, 0.2) is 82.7 Å². The van der Waals surface area contributed by atoms with Crippen molar-refractivity contribution in [2.75, 3.05) is 12.0 Å². The van der Waals surface area contributed by atoms with Crippen LogP contribution in [0.25, 0.3) is 11.0 Å². The second kappa shape index (κ2) is 8.35. The van der Waals surface area contributed by atoms with Gasteiger partial charge in [0.2, 0.25) is 5.78 Å². The Hall–Kier alpha value is -4.10. The largest absolute Gasteiger partial charge is 0.503 e. The van der Waals surface area contributed by atoms with Gasteiger partial charge in [0.05, 0.1) is 18.7 Å². The molecule has 0 radical (unpaired) electrons. The van der Waals surface area contributed by atoms with E-state index in [9.17, 15) is 14.7 Å². The minimum Gasteiger partial charge on any atom is -0.503 e. The van der Waals surface area contributed by atoms with Gasteiger partial charge in [0.15, 0.2) is 22.9 Å². The van der Waals surface area contributed by atoms with Crippen molar-refractivity contribution in [3.63, 3.8) is 0 Å². The number of carbonyl (C=O) groups excluding carboxylic acids is 2. The van der Waals surface area contributed by atoms with Crippen molar-refractivity contribution in [3.05, 3.63) is 100 Å². The highest BCUT2D eigenvalue weighted by Gasteiger charge is 2.45. The van der Waals surface area contributed by atoms with E-state index in [-0.39, 0.29) is 11.3 Å². The molecule has 3 heterocycles. The number of ether oxygens (including phenoxy) is 1. The monoisotopic (exact) mass is 474 g/mol. The van der Waals surface area contributed by atoms with Crippen molar-refractivity contribution in [3.8, 4) is 5.75 Å². The number of rotatable bonds is 5. The summed E-state index contributed by atoms with van der Waals surface area (Å²) in [6.45, 7) is 1.93. The molecule has 8 heteroatoms. The van der Waals surface area contributed by atoms with Crippen LogP contribution in [0.4, 0.5) is 5.69 Å². The van der Waals surface area contributed by atoms with Crippen molar-refractivity contribution in [1.29, 1.82) is 0 Å². The molecule has 1 amide bonds. The number of carbonyl (C=O) groups is 2. The Morgan fingerprint density at radius 2 is 1.94 bits per heavy atom. The third kappa shape index (κ3) is 3.50. The Kier molecular flexibility index (Phi) is 5.34. The predicted octanol–water partition coefficient (Wildman–Crippen LogP) is 5.58. The first-order valence-corrected chi connectivity index (χ1v) is 10.8. The summed E-state index contributed by atoms with van der Waals surface area (Å²) in [6.07, 6.45) is 3.16. The molecule has 5 rings (SSSR count). The van der Waals surface area contributed by atoms with Gasteiger partial charge in [-0.1, -0.05) is 35.4 Å². The molecule has 7 nitrogen and oxygen atoms in total. The van der Waals surface area contributed by atoms with Gasteiger partial charge >= 0.3 is 0 Å². The summed E-state index contributed by atoms with van der Waals surface area (Å²) in [5, 5.41) is 11.9. The second-order valence-corrected chi connectivity index (χ2v) is 8.36. The van der Waals surface area contributed by atoms with E-state index >= 15 is 0 Å². The number of Topliss-reactive ketones (excluding diaryl/α,β-unsaturated/α-hetero) is 1. The number of benzene rings is 2. The number of aliphatic hydroxyl groups excluding tert-OH is 1. The predicted molar refractivity (Wildman–Crippen MR) is 127 cm³/mol. The van der Waals surface area contributed by atoms with E-state index in [1.54, 1.807) is 48.8 Å². The van der Waals surface area contributed by atoms with E-state index < -0.39 is 23.5 Å². The summed E-state index contributed by atoms with van der Waals surface area (Å²) in [5.74, 6) is -1.62. The number of aromatic nitrogens is 1. The molecule has 1 aliphatic heterocycles. The molecular weight excluding hydrogens is 456 g/mol. The Morgan fingerprint density at radius 1 is 1.18 bits per heavy atom. The molecule has 0 saturated heterocycles. The third-order valence-corrected chi connectivity index (χ3v) is 5.97. The molecule has 1 atom stereocenters. The van der Waals surface area contributed by atoms with E-state index in [2.05, 4.69) is 4.98 Å². The maximum atomic E-state index is 13.7. The Bertz CT molecular complexity index is 1460. The molecule has 0 saturated carbocycles. The molecule has 1 N–H and O–H groups in total. The number of fused-ring (bicyclic) bond motifs is 1. The lowest BCUT2D eigenvalue weighted by atomic mass is 9.96. The van der Waals surface area contributed by atoms with Gasteiger partial charge in [0.1, 0.15) is 0 Å². The molecule has 1 aliphatic rings. The highest BCUT2D eigenvalue weighted by atomic mass is 35.5. The van der Waals surface area contributed by atoms with Crippen LogP contribution in [0.2, 0.25) is 5.02 Å². The molecule has 4 aromatic rings. The van der Waals surface area contributed by atoms with Crippen molar-refractivity contribution in [2.24, 2.45) is 0 Å². The van der Waals surface area contributed by atoms with Gasteiger partial charge in [-0.05, 0) is 42.8 Å². The van der Waals surface area contributed by atoms with Crippen LogP contribution < -0.4 is 9.64 Å². The number of pyridine rings is 1. The maximum absolute atomic E-state index is 13.7. The number of methoxy groups -OCH3 is 1. The Balaban J connectivity index is 1.65. The van der Waals surface area contributed by atoms with E-state index in [1.165, 1.54) is 18.1 Å². The van der Waals surface area contributed by atoms with Crippen LogP contribution in [0, 0.1) is 6.92 Å². The molecule has 2 aromatic carbocycles. The van der Waals surface area contributed by atoms with E-state index in [0.29, 0.717) is 33.0 Å². The summed E-state index contributed by atoms with van der Waals surface area (Å²) >= 11 is 6.15. The maximum Gasteiger partial charge on any atom is 0.294 e. The molecule has 2 aromatic heterocycles. The van der Waals surface area contributed by atoms with Crippen LogP contribution in [-0.2, 0) is 4.79 Å². The van der Waals surface area contributed by atoms with Gasteiger partial charge in [-0.15, -0.1) is 0 Å². The summed E-state index contributed by atoms with van der Waals surface area (Å²) in [5.41, 5.74) is 2.37. The molecule has 170 valence electrons. The molecule has 34 heavy (non-hydrogen) atoms. The number of nitrogens with zero attached hydrogens (tertiary/aromatic N) is 2. The zero-order valence-electron chi connectivity index (χ0n) is 18.3. The van der Waals surface area contributed by atoms with Crippen molar-refractivity contribution in [1.82, 2.24) is 4.98 Å². The number of aryl methyl sites for hydroxylation is 1. The number of ketones is 1. The molecule has 0 bridgehead atoms. The smallest absolute Gasteiger partial charge is 0.294 e. The Labute approximate surface area is 199 Å². The highest BCUT2D eigenvalue weighted by Crippen LogP contribution is 2.42. The fraction of sp³-hybridized carbons (Fsp3) is 0.115. The van der Waals surface area contributed by atoms with E-state index in [1.807, 2.05) is 19.1 Å². The molecule has 1 unspecified atom stereocenters. The van der Waals surface area contributed by atoms with Crippen LogP contribution in [-0.4, -0.2) is 28.9 Å². The van der Waals surface area contributed by atoms with Gasteiger partial charge in [0.25, 0.3) is 5.91 Å². The molecule has 0 aliphatic carbocycles. The second-order valence-electron chi connectivity index (χ2n) is 7.93. The van der Waals surface area contributed by atoms with E-state index in [0.717, 1.165) is 5.56 Å². The van der Waals surface area contributed by atoms with Crippen LogP contribution in [0.1, 0.15) is 27.7 Å². The summed E-state index contributed by atoms with van der Waals surface area (Å²) in [6, 6.07) is 14.6. The summed E-state index contributed by atoms with van der Waals surface area (Å²) in [4.78, 5) is 32.4. The summed E-state index contributed by atoms with van der Waals surface area (Å²) in [7, 11) is 1.47. The van der Waals surface area contributed by atoms with Crippen LogP contribution in [0.5, 0.6) is 5.75 Å². The number of hydrogen-bond acceptors (Lipinski definition) is 6. The van der Waals surface area contributed by atoms with Gasteiger partial charge in [-0.25, -0.2) is 0 Å². The molecule has 0 spiro atoms. The van der Waals surface area contributed by atoms with Crippen LogP contribution in [0.3, 0.4) is 0 Å². The lowest BCUT2D eigenvalue weighted by Gasteiger charge is -2.26. The van der Waals surface area contributed by atoms with Gasteiger partial charge in [-0.2, -0.15) is 0 Å². The average molecular weight is 475 g/mol. The lowest BCUT2D eigenvalue weighted by Crippen LogP contribution is -2.31. The van der Waals surface area contributed by atoms with Crippen molar-refractivity contribution >= 4 is 39.9 Å². The fourth-order valence-electron chi connectivity index (χ4n) is 4.14. The quantitative estimate of drug-likeness (QED) is 0.379. The van der Waals surface area contributed by atoms with Crippen LogP contribution >= 0.6 is 11.6 Å². The first-order chi connectivity index (χ1) is 16.4. The first kappa shape index (κ1) is 21.7. The van der Waals surface area contributed by atoms with Crippen molar-refractivity contribution < 1.29 is 23.8 Å². The first-order valence-electron chi connectivity index (χ1n) is 10.4. The molecular formula is C26H19ClN2O5. The van der Waals surface area contributed by atoms with Gasteiger partial charge < -0.3 is 14.3 Å². The highest BCUT2D eigenvalue weighted by molar-refractivity contribution is 6.31. The van der Waals surface area contributed by atoms with Gasteiger partial charge in [-0.3, -0.25) is 19.5 Å². The minimum absolute atomic E-state index is 0.0513. The SMILES string of the molecule is COc1cc(Cl)cc2cc(C(=O)C3=C(O)C(=O)N(c4ccc(C)cc4)C3c3cccnc3)oc12. The Morgan fingerprint density at radius 3 is 2.62 bits per heavy atom. The normalized spacial score (nSPS) is 15.9. The fourth-order valence-corrected chi connectivity index (χ4v) is 4.36. The minimum atomic E-state index is -0.893. The zero-order valence-corrected chi connectivity index (χ0v) is 19.0. The number of anilines is 1. The average Bonchev–Trinajstić information content (AvgIpc) is 3.38. The van der Waals surface area contributed by atoms with Gasteiger partial charge in [0, 0.05) is 34.6 Å². The topological polar surface area (TPSA) is 92.9 Å². The summed E-state index contributed by atoms with van der Waals surface area (Å²) < 4.78 is 11.1. The number of amides is 1. The number of aliphatic hydroxyl groups is 1. The number of halogens is 1. The van der Waals surface area contributed by atoms with Crippen molar-refractivity contribution in [2.45, 2.75) is 13.0 Å².